The van der Waals surface area contributed by atoms with Gasteiger partial charge in [-0.05, 0) is 85.4 Å². The van der Waals surface area contributed by atoms with Gasteiger partial charge in [-0.3, -0.25) is 19.5 Å². The summed E-state index contributed by atoms with van der Waals surface area (Å²) in [5.41, 5.74) is 5.22. The molecule has 0 fully saturated rings. The van der Waals surface area contributed by atoms with Crippen molar-refractivity contribution in [3.05, 3.63) is 113 Å². The van der Waals surface area contributed by atoms with Crippen LogP contribution in [0.4, 0.5) is 0 Å². The van der Waals surface area contributed by atoms with E-state index in [9.17, 15) is 14.9 Å². The number of hydrogen-bond donors (Lipinski definition) is 0. The maximum Gasteiger partial charge on any atom is 0.271 e. The molecule has 2 aromatic carbocycles. The van der Waals surface area contributed by atoms with E-state index >= 15 is 0 Å². The summed E-state index contributed by atoms with van der Waals surface area (Å²) in [7, 11) is 0. The molecule has 2 amide bonds. The van der Waals surface area contributed by atoms with Crippen molar-refractivity contribution in [2.75, 3.05) is 6.61 Å². The lowest BCUT2D eigenvalue weighted by Crippen LogP contribution is -2.42. The second kappa shape index (κ2) is 12.7. The number of rotatable bonds is 9. The minimum atomic E-state index is -0.616. The lowest BCUT2D eigenvalue weighted by Gasteiger charge is -2.27. The van der Waals surface area contributed by atoms with Crippen LogP contribution in [0.25, 0.3) is 23.0 Å². The highest BCUT2D eigenvalue weighted by atomic mass is 16.5. The lowest BCUT2D eigenvalue weighted by atomic mass is 9.93. The predicted molar refractivity (Wildman–Crippen MR) is 165 cm³/mol. The van der Waals surface area contributed by atoms with Crippen LogP contribution in [0.15, 0.2) is 96.0 Å². The second-order valence-corrected chi connectivity index (χ2v) is 11.0. The van der Waals surface area contributed by atoms with Gasteiger partial charge in [-0.2, -0.15) is 10.4 Å². The summed E-state index contributed by atoms with van der Waals surface area (Å²) in [6.45, 7) is 8.62. The first kappa shape index (κ1) is 29.2. The largest absolute Gasteiger partial charge is 0.493 e. The lowest BCUT2D eigenvalue weighted by molar-refractivity contribution is -0.141. The molecule has 2 aromatic heterocycles. The fraction of sp³-hybridized carbons (Fsp3) is 0.229. The van der Waals surface area contributed by atoms with Gasteiger partial charge >= 0.3 is 0 Å². The molecule has 0 spiro atoms. The van der Waals surface area contributed by atoms with Crippen molar-refractivity contribution in [1.82, 2.24) is 19.7 Å². The number of ether oxygens (including phenoxy) is 1. The first-order chi connectivity index (χ1) is 20.8. The zero-order chi connectivity index (χ0) is 30.5. The number of imide groups is 1. The number of hydrogen-bond acceptors (Lipinski definition) is 6. The van der Waals surface area contributed by atoms with Gasteiger partial charge in [-0.1, -0.05) is 38.1 Å². The molecule has 1 aliphatic rings. The van der Waals surface area contributed by atoms with Gasteiger partial charge in [0.25, 0.3) is 11.8 Å². The van der Waals surface area contributed by atoms with Gasteiger partial charge in [0.15, 0.2) is 0 Å². The Morgan fingerprint density at radius 2 is 1.81 bits per heavy atom. The highest BCUT2D eigenvalue weighted by Crippen LogP contribution is 2.33. The van der Waals surface area contributed by atoms with E-state index in [2.05, 4.69) is 18.8 Å². The molecule has 0 unspecified atom stereocenters. The van der Waals surface area contributed by atoms with Crippen LogP contribution >= 0.6 is 0 Å². The summed E-state index contributed by atoms with van der Waals surface area (Å²) < 4.78 is 7.79. The van der Waals surface area contributed by atoms with Gasteiger partial charge in [0, 0.05) is 35.3 Å². The molecule has 4 aromatic rings. The molecule has 0 saturated heterocycles. The van der Waals surface area contributed by atoms with Crippen LogP contribution in [0.2, 0.25) is 0 Å². The molecule has 0 radical (unpaired) electrons. The fourth-order valence-electron chi connectivity index (χ4n) is 4.90. The molecule has 43 heavy (non-hydrogen) atoms. The van der Waals surface area contributed by atoms with Crippen LogP contribution in [0, 0.1) is 24.2 Å². The second-order valence-electron chi connectivity index (χ2n) is 11.0. The highest BCUT2D eigenvalue weighted by Gasteiger charge is 2.35. The van der Waals surface area contributed by atoms with E-state index in [1.165, 1.54) is 0 Å². The van der Waals surface area contributed by atoms with Crippen molar-refractivity contribution in [2.24, 2.45) is 5.92 Å². The molecule has 0 atom stereocenters. The normalized spacial score (nSPS) is 14.5. The molecule has 0 aliphatic carbocycles. The third-order valence-corrected chi connectivity index (χ3v) is 7.35. The van der Waals surface area contributed by atoms with Gasteiger partial charge in [0.2, 0.25) is 0 Å². The van der Waals surface area contributed by atoms with Gasteiger partial charge in [0.05, 0.1) is 24.5 Å². The van der Waals surface area contributed by atoms with Crippen molar-refractivity contribution >= 4 is 17.9 Å². The van der Waals surface area contributed by atoms with Crippen molar-refractivity contribution in [1.29, 1.82) is 5.26 Å². The number of aromatic nitrogens is 3. The SMILES string of the molecule is CC1=C(C#N)C(=O)N(Cc2cccnc2)C(=O)/C1=C/c1cn(-c2ccccc2)nc1-c1ccc(OCCC(C)C)c(C)c1. The molecule has 216 valence electrons. The summed E-state index contributed by atoms with van der Waals surface area (Å²) in [5.74, 6) is 0.272. The highest BCUT2D eigenvalue weighted by molar-refractivity contribution is 6.19. The average molecular weight is 572 g/mol. The topological polar surface area (TPSA) is 101 Å². The third-order valence-electron chi connectivity index (χ3n) is 7.35. The Kier molecular flexibility index (Phi) is 8.63. The minimum absolute atomic E-state index is 0.00884. The number of aryl methyl sites for hydroxylation is 1. The van der Waals surface area contributed by atoms with E-state index < -0.39 is 11.8 Å². The van der Waals surface area contributed by atoms with E-state index in [-0.39, 0.29) is 17.7 Å². The number of pyridine rings is 1. The Bertz CT molecular complexity index is 1760. The standard InChI is InChI=1S/C35H33N5O3/c1-23(2)14-16-43-32-13-12-27(17-24(32)3)33-28(22-40(38-33)29-10-6-5-7-11-29)18-30-25(4)31(19-36)35(42)39(34(30)41)21-26-9-8-15-37-20-26/h5-13,15,17-18,20,22-23H,14,16,21H2,1-4H3/b30-18+. The number of para-hydroxylation sites is 1. The quantitative estimate of drug-likeness (QED) is 0.169. The first-order valence-corrected chi connectivity index (χ1v) is 14.2. The Morgan fingerprint density at radius 1 is 1.02 bits per heavy atom. The van der Waals surface area contributed by atoms with E-state index in [0.717, 1.165) is 33.9 Å². The zero-order valence-electron chi connectivity index (χ0n) is 24.7. The summed E-state index contributed by atoms with van der Waals surface area (Å²) in [6, 6.07) is 21.2. The maximum absolute atomic E-state index is 13.8. The summed E-state index contributed by atoms with van der Waals surface area (Å²) in [5, 5.41) is 14.8. The Morgan fingerprint density at radius 3 is 2.49 bits per heavy atom. The average Bonchev–Trinajstić information content (AvgIpc) is 3.43. The molecule has 0 N–H and O–H groups in total. The van der Waals surface area contributed by atoms with Crippen LogP contribution in [0.1, 0.15) is 43.9 Å². The van der Waals surface area contributed by atoms with Crippen LogP contribution < -0.4 is 4.74 Å². The molecule has 8 heteroatoms. The van der Waals surface area contributed by atoms with Gasteiger partial charge < -0.3 is 4.74 Å². The number of amides is 2. The Balaban J connectivity index is 1.60. The number of carbonyl (C=O) groups excluding carboxylic acids is 2. The van der Waals surface area contributed by atoms with Crippen LogP contribution in [-0.2, 0) is 16.1 Å². The predicted octanol–water partition coefficient (Wildman–Crippen LogP) is 6.46. The molecule has 8 nitrogen and oxygen atoms in total. The van der Waals surface area contributed by atoms with Crippen molar-refractivity contribution in [3.8, 4) is 28.8 Å². The molecule has 0 bridgehead atoms. The fourth-order valence-corrected chi connectivity index (χ4v) is 4.90. The van der Waals surface area contributed by atoms with Gasteiger partial charge in [-0.25, -0.2) is 4.68 Å². The van der Waals surface area contributed by atoms with E-state index in [1.807, 2.05) is 67.7 Å². The Labute approximate surface area is 251 Å². The van der Waals surface area contributed by atoms with E-state index in [0.29, 0.717) is 34.9 Å². The number of carbonyl (C=O) groups is 2. The molecule has 5 rings (SSSR count). The zero-order valence-corrected chi connectivity index (χ0v) is 24.7. The number of nitriles is 1. The number of benzene rings is 2. The van der Waals surface area contributed by atoms with Crippen molar-refractivity contribution < 1.29 is 14.3 Å². The number of nitrogens with zero attached hydrogens (tertiary/aromatic N) is 5. The molecular weight excluding hydrogens is 538 g/mol. The van der Waals surface area contributed by atoms with E-state index in [1.54, 1.807) is 42.2 Å². The summed E-state index contributed by atoms with van der Waals surface area (Å²) in [4.78, 5) is 32.2. The molecular formula is C35H33N5O3. The monoisotopic (exact) mass is 571 g/mol. The van der Waals surface area contributed by atoms with Crippen molar-refractivity contribution in [3.63, 3.8) is 0 Å². The van der Waals surface area contributed by atoms with Gasteiger partial charge in [-0.15, -0.1) is 0 Å². The minimum Gasteiger partial charge on any atom is -0.493 e. The molecule has 3 heterocycles. The molecule has 1 aliphatic heterocycles. The summed E-state index contributed by atoms with van der Waals surface area (Å²) in [6.07, 6.45) is 7.77. The van der Waals surface area contributed by atoms with E-state index in [4.69, 9.17) is 9.84 Å². The van der Waals surface area contributed by atoms with Crippen LogP contribution in [-0.4, -0.2) is 38.1 Å². The van der Waals surface area contributed by atoms with Crippen LogP contribution in [0.5, 0.6) is 5.75 Å². The van der Waals surface area contributed by atoms with Gasteiger partial charge in [0.1, 0.15) is 17.4 Å². The smallest absolute Gasteiger partial charge is 0.271 e. The van der Waals surface area contributed by atoms with Crippen LogP contribution in [0.3, 0.4) is 0 Å². The third kappa shape index (κ3) is 6.31. The summed E-state index contributed by atoms with van der Waals surface area (Å²) >= 11 is 0. The molecule has 0 saturated carbocycles. The first-order valence-electron chi connectivity index (χ1n) is 14.2. The van der Waals surface area contributed by atoms with Crippen molar-refractivity contribution in [2.45, 2.75) is 40.7 Å². The maximum atomic E-state index is 13.8. The Hall–Kier alpha value is -5.29.